The summed E-state index contributed by atoms with van der Waals surface area (Å²) in [4.78, 5) is 24.8. The number of aliphatic carboxylic acids is 1. The van der Waals surface area contributed by atoms with Gasteiger partial charge >= 0.3 is 5.97 Å². The standard InChI is InChI=1S/C27H32FN3O6/c1-5-36-23-13-9-6-10-18(23)20(15-25(32)33)29-26(34)21-14-24(37-16-27(4,35)17(2)3)31(30-21)22-12-8-7-11-19(22)28/h6-14,17,20,35H,5,15-16H2,1-4H3,(H,29,34)(H,32,33)/t20-,27-/m0/s1. The molecular weight excluding hydrogens is 481 g/mol. The first-order valence-electron chi connectivity index (χ1n) is 12.0. The van der Waals surface area contributed by atoms with Crippen LogP contribution in [0.2, 0.25) is 0 Å². The highest BCUT2D eigenvalue weighted by Gasteiger charge is 2.29. The summed E-state index contributed by atoms with van der Waals surface area (Å²) in [5, 5.41) is 27.0. The second kappa shape index (κ2) is 11.9. The van der Waals surface area contributed by atoms with E-state index in [1.807, 2.05) is 13.8 Å². The number of carboxylic acids is 1. The van der Waals surface area contributed by atoms with Gasteiger partial charge in [-0.05, 0) is 38.0 Å². The van der Waals surface area contributed by atoms with Gasteiger partial charge in [-0.1, -0.05) is 44.2 Å². The van der Waals surface area contributed by atoms with Crippen LogP contribution in [0.1, 0.15) is 56.2 Å². The highest BCUT2D eigenvalue weighted by Crippen LogP contribution is 2.29. The molecule has 0 bridgehead atoms. The van der Waals surface area contributed by atoms with Crippen LogP contribution in [0.3, 0.4) is 0 Å². The molecule has 0 radical (unpaired) electrons. The minimum Gasteiger partial charge on any atom is -0.494 e. The van der Waals surface area contributed by atoms with Crippen molar-refractivity contribution in [1.82, 2.24) is 15.1 Å². The maximum atomic E-state index is 14.6. The van der Waals surface area contributed by atoms with Crippen LogP contribution in [0, 0.1) is 11.7 Å². The molecule has 3 rings (SSSR count). The van der Waals surface area contributed by atoms with E-state index >= 15 is 0 Å². The molecule has 198 valence electrons. The van der Waals surface area contributed by atoms with Crippen molar-refractivity contribution in [2.75, 3.05) is 13.2 Å². The van der Waals surface area contributed by atoms with E-state index in [1.54, 1.807) is 44.2 Å². The molecule has 10 heteroatoms. The van der Waals surface area contributed by atoms with Crippen LogP contribution in [0.25, 0.3) is 5.69 Å². The van der Waals surface area contributed by atoms with Crippen molar-refractivity contribution in [1.29, 1.82) is 0 Å². The molecule has 0 aliphatic rings. The van der Waals surface area contributed by atoms with E-state index in [4.69, 9.17) is 9.47 Å². The number of benzene rings is 2. The third kappa shape index (κ3) is 6.85. The Morgan fingerprint density at radius 2 is 1.81 bits per heavy atom. The Kier molecular flexibility index (Phi) is 8.88. The zero-order valence-electron chi connectivity index (χ0n) is 21.3. The van der Waals surface area contributed by atoms with Gasteiger partial charge in [0.25, 0.3) is 5.91 Å². The van der Waals surface area contributed by atoms with Gasteiger partial charge in [-0.3, -0.25) is 9.59 Å². The number of ether oxygens (including phenoxy) is 2. The van der Waals surface area contributed by atoms with E-state index in [-0.39, 0.29) is 29.8 Å². The number of halogens is 1. The average Bonchev–Trinajstić information content (AvgIpc) is 3.27. The van der Waals surface area contributed by atoms with Gasteiger partial charge in [0, 0.05) is 11.6 Å². The van der Waals surface area contributed by atoms with Gasteiger partial charge in [0.15, 0.2) is 5.69 Å². The molecule has 1 heterocycles. The van der Waals surface area contributed by atoms with E-state index in [0.717, 1.165) is 4.68 Å². The predicted molar refractivity (Wildman–Crippen MR) is 135 cm³/mol. The number of nitrogens with zero attached hydrogens (tertiary/aromatic N) is 2. The summed E-state index contributed by atoms with van der Waals surface area (Å²) in [6.07, 6.45) is -0.398. The largest absolute Gasteiger partial charge is 0.494 e. The lowest BCUT2D eigenvalue weighted by Crippen LogP contribution is -2.38. The first-order chi connectivity index (χ1) is 17.5. The molecule has 0 saturated heterocycles. The Bertz CT molecular complexity index is 1240. The number of hydrogen-bond acceptors (Lipinski definition) is 6. The molecule has 2 aromatic carbocycles. The SMILES string of the molecule is CCOc1ccccc1[C@H](CC(=O)O)NC(=O)c1cc(OC[C@](C)(O)C(C)C)n(-c2ccccc2F)n1. The van der Waals surface area contributed by atoms with Crippen molar-refractivity contribution in [3.05, 3.63) is 71.7 Å². The number of para-hydroxylation sites is 2. The monoisotopic (exact) mass is 513 g/mol. The van der Waals surface area contributed by atoms with Crippen LogP contribution in [0.15, 0.2) is 54.6 Å². The Labute approximate surface area is 214 Å². The normalized spacial score (nSPS) is 13.6. The minimum absolute atomic E-state index is 0.0423. The van der Waals surface area contributed by atoms with Crippen LogP contribution >= 0.6 is 0 Å². The first kappa shape index (κ1) is 27.7. The number of carbonyl (C=O) groups excluding carboxylic acids is 1. The van der Waals surface area contributed by atoms with Gasteiger partial charge in [0.05, 0.1) is 24.7 Å². The van der Waals surface area contributed by atoms with Crippen molar-refractivity contribution in [3.63, 3.8) is 0 Å². The fraction of sp³-hybridized carbons (Fsp3) is 0.370. The molecule has 0 fully saturated rings. The number of carboxylic acid groups (broad SMARTS) is 1. The molecule has 3 N–H and O–H groups in total. The van der Waals surface area contributed by atoms with E-state index < -0.39 is 35.8 Å². The highest BCUT2D eigenvalue weighted by atomic mass is 19.1. The average molecular weight is 514 g/mol. The lowest BCUT2D eigenvalue weighted by molar-refractivity contribution is -0.137. The molecule has 0 spiro atoms. The molecule has 1 amide bonds. The number of aliphatic hydroxyl groups is 1. The van der Waals surface area contributed by atoms with Crippen molar-refractivity contribution < 1.29 is 33.7 Å². The number of hydrogen-bond donors (Lipinski definition) is 3. The maximum absolute atomic E-state index is 14.6. The lowest BCUT2D eigenvalue weighted by Gasteiger charge is -2.27. The molecule has 37 heavy (non-hydrogen) atoms. The first-order valence-corrected chi connectivity index (χ1v) is 12.0. The van der Waals surface area contributed by atoms with Gasteiger partial charge in [0.1, 0.15) is 23.9 Å². The predicted octanol–water partition coefficient (Wildman–Crippen LogP) is 4.14. The smallest absolute Gasteiger partial charge is 0.305 e. The molecule has 9 nitrogen and oxygen atoms in total. The quantitative estimate of drug-likeness (QED) is 0.333. The molecule has 2 atom stereocenters. The summed E-state index contributed by atoms with van der Waals surface area (Å²) in [6.45, 7) is 7.31. The van der Waals surface area contributed by atoms with E-state index in [2.05, 4.69) is 10.4 Å². The van der Waals surface area contributed by atoms with Crippen molar-refractivity contribution in [2.45, 2.75) is 45.8 Å². The van der Waals surface area contributed by atoms with Crippen molar-refractivity contribution in [2.24, 2.45) is 5.92 Å². The van der Waals surface area contributed by atoms with Gasteiger partial charge in [-0.2, -0.15) is 9.78 Å². The fourth-order valence-electron chi connectivity index (χ4n) is 3.46. The summed E-state index contributed by atoms with van der Waals surface area (Å²) >= 11 is 0. The highest BCUT2D eigenvalue weighted by molar-refractivity contribution is 5.93. The third-order valence-electron chi connectivity index (χ3n) is 6.02. The summed E-state index contributed by atoms with van der Waals surface area (Å²) < 4.78 is 27.2. The summed E-state index contributed by atoms with van der Waals surface area (Å²) in [5.41, 5.74) is -0.767. The van der Waals surface area contributed by atoms with Gasteiger partial charge in [-0.25, -0.2) is 4.39 Å². The Morgan fingerprint density at radius 1 is 1.14 bits per heavy atom. The number of aromatic nitrogens is 2. The van der Waals surface area contributed by atoms with Crippen LogP contribution < -0.4 is 14.8 Å². The number of nitrogens with one attached hydrogen (secondary N) is 1. The van der Waals surface area contributed by atoms with Crippen LogP contribution in [-0.2, 0) is 4.79 Å². The Morgan fingerprint density at radius 3 is 2.46 bits per heavy atom. The molecule has 0 saturated carbocycles. The van der Waals surface area contributed by atoms with Gasteiger partial charge in [0.2, 0.25) is 5.88 Å². The molecule has 3 aromatic rings. The zero-order valence-corrected chi connectivity index (χ0v) is 21.3. The lowest BCUT2D eigenvalue weighted by atomic mass is 9.94. The van der Waals surface area contributed by atoms with Crippen molar-refractivity contribution in [3.8, 4) is 17.3 Å². The van der Waals surface area contributed by atoms with Crippen LogP contribution in [0.4, 0.5) is 4.39 Å². The molecule has 0 unspecified atom stereocenters. The second-order valence-corrected chi connectivity index (χ2v) is 9.13. The number of rotatable bonds is 12. The zero-order chi connectivity index (χ0) is 27.2. The topological polar surface area (TPSA) is 123 Å². The molecular formula is C27H32FN3O6. The van der Waals surface area contributed by atoms with Crippen LogP contribution in [-0.4, -0.2) is 50.7 Å². The third-order valence-corrected chi connectivity index (χ3v) is 6.02. The number of amides is 1. The van der Waals surface area contributed by atoms with E-state index in [0.29, 0.717) is 17.9 Å². The van der Waals surface area contributed by atoms with Crippen molar-refractivity contribution >= 4 is 11.9 Å². The van der Waals surface area contributed by atoms with Crippen LogP contribution in [0.5, 0.6) is 11.6 Å². The maximum Gasteiger partial charge on any atom is 0.305 e. The molecule has 0 aliphatic heterocycles. The summed E-state index contributed by atoms with van der Waals surface area (Å²) in [5.74, 6) is -2.04. The molecule has 0 aliphatic carbocycles. The molecule has 1 aromatic heterocycles. The van der Waals surface area contributed by atoms with E-state index in [1.165, 1.54) is 24.3 Å². The van der Waals surface area contributed by atoms with Gasteiger partial charge in [-0.15, -0.1) is 0 Å². The van der Waals surface area contributed by atoms with Gasteiger partial charge < -0.3 is 25.0 Å². The minimum atomic E-state index is -1.19. The summed E-state index contributed by atoms with van der Waals surface area (Å²) in [6, 6.07) is 13.1. The fourth-order valence-corrected chi connectivity index (χ4v) is 3.46. The Balaban J connectivity index is 1.97. The van der Waals surface area contributed by atoms with E-state index in [9.17, 15) is 24.2 Å². The second-order valence-electron chi connectivity index (χ2n) is 9.13. The number of carbonyl (C=O) groups is 2. The summed E-state index contributed by atoms with van der Waals surface area (Å²) in [7, 11) is 0. The Hall–Kier alpha value is -3.92.